The first-order valence-electron chi connectivity index (χ1n) is 11.5. The molecule has 0 saturated heterocycles. The van der Waals surface area contributed by atoms with Gasteiger partial charge in [-0.15, -0.1) is 0 Å². The summed E-state index contributed by atoms with van der Waals surface area (Å²) in [5.41, 5.74) is 2.91. The number of benzene rings is 2. The number of aliphatic hydroxyl groups excluding tert-OH is 1. The average Bonchev–Trinajstić information content (AvgIpc) is 3.20. The molecule has 0 aliphatic carbocycles. The number of rotatable bonds is 13. The van der Waals surface area contributed by atoms with Gasteiger partial charge in [-0.25, -0.2) is 4.68 Å². The van der Waals surface area contributed by atoms with Gasteiger partial charge < -0.3 is 19.3 Å². The standard InChI is InChI=1S/C26H35N3O4/c1-5-21(30)18-28(16-17-31-3)19-24-25(6-2)27-29(20-10-8-7-9-11-20)26(24)33-23-14-12-22(32-4)13-15-23/h7-15,21,30H,5-6,16-19H2,1-4H3. The number of aliphatic hydroxyl groups is 1. The van der Waals surface area contributed by atoms with Crippen LogP contribution in [0.4, 0.5) is 0 Å². The van der Waals surface area contributed by atoms with E-state index in [1.54, 1.807) is 14.2 Å². The molecule has 7 nitrogen and oxygen atoms in total. The zero-order valence-electron chi connectivity index (χ0n) is 20.0. The number of para-hydroxylation sites is 1. The highest BCUT2D eigenvalue weighted by Gasteiger charge is 2.23. The second kappa shape index (κ2) is 12.4. The SMILES string of the molecule is CCc1nn(-c2ccccc2)c(Oc2ccc(OC)cc2)c1CN(CCOC)CC(O)CC. The molecule has 2 aromatic carbocycles. The van der Waals surface area contributed by atoms with Gasteiger partial charge in [0.25, 0.3) is 0 Å². The van der Waals surface area contributed by atoms with Gasteiger partial charge in [0.1, 0.15) is 11.5 Å². The van der Waals surface area contributed by atoms with Crippen LogP contribution in [-0.4, -0.2) is 59.8 Å². The molecule has 178 valence electrons. The molecule has 0 aliphatic heterocycles. The van der Waals surface area contributed by atoms with Crippen molar-refractivity contribution in [2.75, 3.05) is 33.9 Å². The van der Waals surface area contributed by atoms with Crippen molar-refractivity contribution >= 4 is 0 Å². The summed E-state index contributed by atoms with van der Waals surface area (Å²) < 4.78 is 18.9. The fourth-order valence-electron chi connectivity index (χ4n) is 3.63. The molecule has 0 bridgehead atoms. The second-order valence-electron chi connectivity index (χ2n) is 7.90. The number of nitrogens with zero attached hydrogens (tertiary/aromatic N) is 3. The van der Waals surface area contributed by atoms with Gasteiger partial charge in [0, 0.05) is 26.7 Å². The predicted octanol–water partition coefficient (Wildman–Crippen LogP) is 4.45. The average molecular weight is 454 g/mol. The van der Waals surface area contributed by atoms with Crippen LogP contribution in [0.2, 0.25) is 0 Å². The molecule has 1 unspecified atom stereocenters. The van der Waals surface area contributed by atoms with Crippen LogP contribution in [0.1, 0.15) is 31.5 Å². The van der Waals surface area contributed by atoms with Crippen LogP contribution in [0, 0.1) is 0 Å². The lowest BCUT2D eigenvalue weighted by Gasteiger charge is -2.25. The van der Waals surface area contributed by atoms with E-state index in [9.17, 15) is 5.11 Å². The van der Waals surface area contributed by atoms with Crippen molar-refractivity contribution in [1.82, 2.24) is 14.7 Å². The molecule has 0 saturated carbocycles. The van der Waals surface area contributed by atoms with Crippen molar-refractivity contribution < 1.29 is 19.3 Å². The summed E-state index contributed by atoms with van der Waals surface area (Å²) in [5.74, 6) is 2.15. The Labute approximate surface area is 196 Å². The lowest BCUT2D eigenvalue weighted by molar-refractivity contribution is 0.0825. The zero-order valence-corrected chi connectivity index (χ0v) is 20.0. The summed E-state index contributed by atoms with van der Waals surface area (Å²) in [5, 5.41) is 15.2. The van der Waals surface area contributed by atoms with Crippen LogP contribution in [0.5, 0.6) is 17.4 Å². The second-order valence-corrected chi connectivity index (χ2v) is 7.90. The van der Waals surface area contributed by atoms with Gasteiger partial charge in [0.2, 0.25) is 5.88 Å². The molecule has 0 amide bonds. The van der Waals surface area contributed by atoms with E-state index in [1.807, 2.05) is 66.2 Å². The molecule has 1 atom stereocenters. The van der Waals surface area contributed by atoms with Gasteiger partial charge in [-0.05, 0) is 49.2 Å². The third-order valence-electron chi connectivity index (χ3n) is 5.56. The third-order valence-corrected chi connectivity index (χ3v) is 5.56. The Morgan fingerprint density at radius 3 is 2.30 bits per heavy atom. The molecule has 33 heavy (non-hydrogen) atoms. The highest BCUT2D eigenvalue weighted by molar-refractivity contribution is 5.44. The minimum absolute atomic E-state index is 0.401. The summed E-state index contributed by atoms with van der Waals surface area (Å²) in [6.45, 7) is 6.53. The normalized spacial score (nSPS) is 12.2. The number of hydrogen-bond acceptors (Lipinski definition) is 6. The number of methoxy groups -OCH3 is 2. The molecule has 1 aromatic heterocycles. The summed E-state index contributed by atoms with van der Waals surface area (Å²) >= 11 is 0. The van der Waals surface area contributed by atoms with Crippen LogP contribution < -0.4 is 9.47 Å². The first-order valence-corrected chi connectivity index (χ1v) is 11.5. The van der Waals surface area contributed by atoms with E-state index in [1.165, 1.54) is 0 Å². The lowest BCUT2D eigenvalue weighted by atomic mass is 10.1. The van der Waals surface area contributed by atoms with E-state index in [-0.39, 0.29) is 0 Å². The first kappa shape index (κ1) is 24.8. The molecule has 3 aromatic rings. The maximum absolute atomic E-state index is 10.3. The monoisotopic (exact) mass is 453 g/mol. The largest absolute Gasteiger partial charge is 0.497 e. The molecule has 1 heterocycles. The van der Waals surface area contributed by atoms with E-state index in [0.717, 1.165) is 29.1 Å². The molecule has 0 fully saturated rings. The van der Waals surface area contributed by atoms with Gasteiger partial charge in [-0.2, -0.15) is 5.10 Å². The van der Waals surface area contributed by atoms with Gasteiger partial charge in [-0.1, -0.05) is 32.0 Å². The molecular weight excluding hydrogens is 418 g/mol. The highest BCUT2D eigenvalue weighted by Crippen LogP contribution is 2.33. The number of hydrogen-bond donors (Lipinski definition) is 1. The fourth-order valence-corrected chi connectivity index (χ4v) is 3.63. The Bertz CT molecular complexity index is 973. The number of ether oxygens (including phenoxy) is 3. The van der Waals surface area contributed by atoms with Crippen LogP contribution in [0.15, 0.2) is 54.6 Å². The number of aryl methyl sites for hydroxylation is 1. The summed E-state index contributed by atoms with van der Waals surface area (Å²) in [6, 6.07) is 17.5. The van der Waals surface area contributed by atoms with E-state index < -0.39 is 6.10 Å². The Balaban J connectivity index is 2.03. The van der Waals surface area contributed by atoms with E-state index in [2.05, 4.69) is 11.8 Å². The van der Waals surface area contributed by atoms with Crippen LogP contribution >= 0.6 is 0 Å². The van der Waals surface area contributed by atoms with Crippen LogP contribution in [0.25, 0.3) is 5.69 Å². The van der Waals surface area contributed by atoms with E-state index in [0.29, 0.717) is 44.3 Å². The Morgan fingerprint density at radius 1 is 1.00 bits per heavy atom. The van der Waals surface area contributed by atoms with Gasteiger partial charge in [0.05, 0.1) is 36.8 Å². The molecule has 1 N–H and O–H groups in total. The Kier molecular flexibility index (Phi) is 9.30. The molecular formula is C26H35N3O4. The van der Waals surface area contributed by atoms with Crippen molar-refractivity contribution in [2.24, 2.45) is 0 Å². The molecule has 0 radical (unpaired) electrons. The highest BCUT2D eigenvalue weighted by atomic mass is 16.5. The summed E-state index contributed by atoms with van der Waals surface area (Å²) in [7, 11) is 3.34. The minimum atomic E-state index is -0.401. The molecule has 0 spiro atoms. The molecule has 3 rings (SSSR count). The summed E-state index contributed by atoms with van der Waals surface area (Å²) in [4.78, 5) is 2.20. The third kappa shape index (κ3) is 6.57. The molecule has 0 aliphatic rings. The topological polar surface area (TPSA) is 69.0 Å². The first-order chi connectivity index (χ1) is 16.1. The van der Waals surface area contributed by atoms with Crippen LogP contribution in [-0.2, 0) is 17.7 Å². The fraction of sp³-hybridized carbons (Fsp3) is 0.423. The summed E-state index contributed by atoms with van der Waals surface area (Å²) in [6.07, 6.45) is 1.06. The van der Waals surface area contributed by atoms with E-state index in [4.69, 9.17) is 19.3 Å². The van der Waals surface area contributed by atoms with Crippen LogP contribution in [0.3, 0.4) is 0 Å². The van der Waals surface area contributed by atoms with E-state index >= 15 is 0 Å². The van der Waals surface area contributed by atoms with Crippen molar-refractivity contribution in [3.63, 3.8) is 0 Å². The Morgan fingerprint density at radius 2 is 1.70 bits per heavy atom. The lowest BCUT2D eigenvalue weighted by Crippen LogP contribution is -2.34. The quantitative estimate of drug-likeness (QED) is 0.412. The van der Waals surface area contributed by atoms with Crippen molar-refractivity contribution in [3.05, 3.63) is 65.9 Å². The smallest absolute Gasteiger partial charge is 0.227 e. The molecule has 7 heteroatoms. The van der Waals surface area contributed by atoms with Crippen molar-refractivity contribution in [2.45, 2.75) is 39.3 Å². The maximum atomic E-state index is 10.3. The van der Waals surface area contributed by atoms with Gasteiger partial charge in [-0.3, -0.25) is 4.90 Å². The van der Waals surface area contributed by atoms with Crippen molar-refractivity contribution in [1.29, 1.82) is 0 Å². The minimum Gasteiger partial charge on any atom is -0.497 e. The maximum Gasteiger partial charge on any atom is 0.227 e. The van der Waals surface area contributed by atoms with Gasteiger partial charge in [0.15, 0.2) is 0 Å². The number of aromatic nitrogens is 2. The zero-order chi connectivity index (χ0) is 23.6. The Hall–Kier alpha value is -2.87. The van der Waals surface area contributed by atoms with Gasteiger partial charge >= 0.3 is 0 Å². The van der Waals surface area contributed by atoms with Crippen molar-refractivity contribution in [3.8, 4) is 23.1 Å². The predicted molar refractivity (Wildman–Crippen MR) is 129 cm³/mol.